The van der Waals surface area contributed by atoms with E-state index in [4.69, 9.17) is 10.2 Å². The van der Waals surface area contributed by atoms with Crippen LogP contribution < -0.4 is 0 Å². The molecule has 1 rings (SSSR count). The van der Waals surface area contributed by atoms with E-state index >= 15 is 0 Å². The van der Waals surface area contributed by atoms with Gasteiger partial charge in [-0.1, -0.05) is 18.7 Å². The number of aromatic nitrogens is 1. The van der Waals surface area contributed by atoms with Gasteiger partial charge in [-0.2, -0.15) is 0 Å². The Morgan fingerprint density at radius 2 is 2.27 bits per heavy atom. The van der Waals surface area contributed by atoms with E-state index in [2.05, 4.69) is 4.98 Å². The fraction of sp³-hybridized carbons (Fsp3) is 0.375. The summed E-state index contributed by atoms with van der Waals surface area (Å²) in [5, 5.41) is 18.2. The molecule has 0 aliphatic heterocycles. The van der Waals surface area contributed by atoms with Crippen LogP contribution >= 0.6 is 23.1 Å². The second-order valence-corrected chi connectivity index (χ2v) is 4.96. The number of thioether (sulfide) groups is 1. The van der Waals surface area contributed by atoms with Gasteiger partial charge in [-0.3, -0.25) is 4.79 Å². The molecule has 1 aromatic heterocycles. The monoisotopic (exact) mass is 247 g/mol. The molecule has 0 aliphatic rings. The number of carboxylic acids is 2. The summed E-state index contributed by atoms with van der Waals surface area (Å²) in [5.74, 6) is -2.00. The molecule has 15 heavy (non-hydrogen) atoms. The van der Waals surface area contributed by atoms with Crippen molar-refractivity contribution in [3.63, 3.8) is 0 Å². The Morgan fingerprint density at radius 3 is 2.67 bits per heavy atom. The molecule has 0 radical (unpaired) electrons. The highest BCUT2D eigenvalue weighted by Crippen LogP contribution is 2.28. The molecule has 2 N–H and O–H groups in total. The quantitative estimate of drug-likeness (QED) is 0.771. The molecule has 5 nitrogen and oxygen atoms in total. The number of aliphatic carboxylic acids is 1. The maximum atomic E-state index is 10.7. The van der Waals surface area contributed by atoms with Gasteiger partial charge >= 0.3 is 11.9 Å². The minimum atomic E-state index is -1.10. The van der Waals surface area contributed by atoms with E-state index in [0.717, 1.165) is 23.1 Å². The highest BCUT2D eigenvalue weighted by Gasteiger charge is 2.19. The number of carbonyl (C=O) groups is 2. The van der Waals surface area contributed by atoms with Crippen molar-refractivity contribution in [1.82, 2.24) is 4.98 Å². The molecule has 0 amide bonds. The van der Waals surface area contributed by atoms with E-state index in [9.17, 15) is 9.59 Å². The van der Waals surface area contributed by atoms with Gasteiger partial charge in [0.2, 0.25) is 0 Å². The summed E-state index contributed by atoms with van der Waals surface area (Å²) in [6.45, 7) is 1.76. The van der Waals surface area contributed by atoms with Crippen LogP contribution in [0.15, 0.2) is 9.72 Å². The molecule has 1 heterocycles. The van der Waals surface area contributed by atoms with Crippen LogP contribution in [0.4, 0.5) is 0 Å². The van der Waals surface area contributed by atoms with Crippen molar-refractivity contribution in [2.75, 3.05) is 0 Å². The van der Waals surface area contributed by atoms with Crippen molar-refractivity contribution in [3.05, 3.63) is 11.1 Å². The first-order chi connectivity index (χ1) is 7.04. The molecule has 1 aromatic rings. The van der Waals surface area contributed by atoms with E-state index in [0.29, 0.717) is 10.8 Å². The summed E-state index contributed by atoms with van der Waals surface area (Å²) >= 11 is 2.23. The van der Waals surface area contributed by atoms with Crippen LogP contribution in [-0.2, 0) is 4.79 Å². The van der Waals surface area contributed by atoms with E-state index in [1.165, 1.54) is 5.38 Å². The van der Waals surface area contributed by atoms with Gasteiger partial charge in [-0.05, 0) is 6.42 Å². The number of thiazole rings is 1. The topological polar surface area (TPSA) is 87.5 Å². The molecular weight excluding hydrogens is 238 g/mol. The smallest absolute Gasteiger partial charge is 0.355 e. The summed E-state index contributed by atoms with van der Waals surface area (Å²) in [6.07, 6.45) is 0.474. The Bertz CT molecular complexity index is 376. The predicted octanol–water partition coefficient (Wildman–Crippen LogP) is 1.80. The first-order valence-electron chi connectivity index (χ1n) is 4.13. The van der Waals surface area contributed by atoms with Gasteiger partial charge in [-0.15, -0.1) is 11.3 Å². The van der Waals surface area contributed by atoms with Gasteiger partial charge in [0.05, 0.1) is 0 Å². The van der Waals surface area contributed by atoms with E-state index in [1.807, 2.05) is 0 Å². The minimum Gasteiger partial charge on any atom is -0.480 e. The number of carboxylic acid groups (broad SMARTS) is 2. The standard InChI is InChI=1S/C8H9NO4S2/c1-2-5(7(12)13)15-8-9-4(3-14-8)6(10)11/h3,5H,2H2,1H3,(H,10,11)(H,12,13). The molecular formula is C8H9NO4S2. The number of rotatable bonds is 5. The summed E-state index contributed by atoms with van der Waals surface area (Å²) in [6, 6.07) is 0. The summed E-state index contributed by atoms with van der Waals surface area (Å²) in [4.78, 5) is 25.0. The van der Waals surface area contributed by atoms with Crippen LogP contribution in [0.2, 0.25) is 0 Å². The third-order valence-corrected chi connectivity index (χ3v) is 3.92. The van der Waals surface area contributed by atoms with E-state index in [1.54, 1.807) is 6.92 Å². The van der Waals surface area contributed by atoms with Crippen LogP contribution in [0.3, 0.4) is 0 Å². The first-order valence-corrected chi connectivity index (χ1v) is 5.88. The lowest BCUT2D eigenvalue weighted by Crippen LogP contribution is -2.14. The highest BCUT2D eigenvalue weighted by molar-refractivity contribution is 8.02. The number of aromatic carboxylic acids is 1. The summed E-state index contributed by atoms with van der Waals surface area (Å²) in [7, 11) is 0. The average molecular weight is 247 g/mol. The van der Waals surface area contributed by atoms with Crippen molar-refractivity contribution in [2.24, 2.45) is 0 Å². The zero-order valence-corrected chi connectivity index (χ0v) is 9.47. The number of hydrogen-bond acceptors (Lipinski definition) is 5. The van der Waals surface area contributed by atoms with E-state index < -0.39 is 17.2 Å². The zero-order chi connectivity index (χ0) is 11.4. The summed E-state index contributed by atoms with van der Waals surface area (Å²) in [5.41, 5.74) is -0.0391. The van der Waals surface area contributed by atoms with Crippen LogP contribution in [0.5, 0.6) is 0 Å². The zero-order valence-electron chi connectivity index (χ0n) is 7.84. The van der Waals surface area contributed by atoms with E-state index in [-0.39, 0.29) is 5.69 Å². The largest absolute Gasteiger partial charge is 0.480 e. The molecule has 0 fully saturated rings. The molecule has 0 aromatic carbocycles. The fourth-order valence-corrected chi connectivity index (χ4v) is 2.73. The molecule has 0 aliphatic carbocycles. The Kier molecular flexibility index (Phi) is 4.10. The molecule has 0 bridgehead atoms. The lowest BCUT2D eigenvalue weighted by Gasteiger charge is -2.05. The molecule has 1 atom stereocenters. The minimum absolute atomic E-state index is 0.0391. The first kappa shape index (κ1) is 12.0. The third kappa shape index (κ3) is 3.21. The maximum Gasteiger partial charge on any atom is 0.355 e. The van der Waals surface area contributed by atoms with Gasteiger partial charge in [0, 0.05) is 5.38 Å². The Hall–Kier alpha value is -1.08. The summed E-state index contributed by atoms with van der Waals surface area (Å²) < 4.78 is 0.474. The molecule has 0 saturated heterocycles. The Labute approximate surface area is 94.2 Å². The normalized spacial score (nSPS) is 12.3. The van der Waals surface area contributed by atoms with Gasteiger partial charge in [-0.25, -0.2) is 9.78 Å². The molecule has 1 unspecified atom stereocenters. The van der Waals surface area contributed by atoms with Gasteiger partial charge in [0.25, 0.3) is 0 Å². The molecule has 0 spiro atoms. The van der Waals surface area contributed by atoms with Crippen LogP contribution in [0.25, 0.3) is 0 Å². The van der Waals surface area contributed by atoms with Crippen molar-refractivity contribution < 1.29 is 19.8 Å². The van der Waals surface area contributed by atoms with Crippen molar-refractivity contribution in [1.29, 1.82) is 0 Å². The third-order valence-electron chi connectivity index (χ3n) is 1.59. The Balaban J connectivity index is 2.71. The fourth-order valence-electron chi connectivity index (χ4n) is 0.840. The SMILES string of the molecule is CCC(Sc1nc(C(=O)O)cs1)C(=O)O. The van der Waals surface area contributed by atoms with Crippen LogP contribution in [0.1, 0.15) is 23.8 Å². The van der Waals surface area contributed by atoms with Gasteiger partial charge < -0.3 is 10.2 Å². The van der Waals surface area contributed by atoms with Crippen LogP contribution in [0, 0.1) is 0 Å². The van der Waals surface area contributed by atoms with Gasteiger partial charge in [0.15, 0.2) is 10.0 Å². The van der Waals surface area contributed by atoms with Crippen LogP contribution in [-0.4, -0.2) is 32.4 Å². The van der Waals surface area contributed by atoms with Crippen molar-refractivity contribution in [2.45, 2.75) is 22.9 Å². The van der Waals surface area contributed by atoms with Crippen molar-refractivity contribution >= 4 is 35.0 Å². The predicted molar refractivity (Wildman–Crippen MR) is 56.6 cm³/mol. The molecule has 7 heteroatoms. The number of hydrogen-bond donors (Lipinski definition) is 2. The Morgan fingerprint density at radius 1 is 1.60 bits per heavy atom. The van der Waals surface area contributed by atoms with Crippen molar-refractivity contribution in [3.8, 4) is 0 Å². The molecule has 0 saturated carbocycles. The second-order valence-electron chi connectivity index (χ2n) is 2.66. The lowest BCUT2D eigenvalue weighted by atomic mass is 10.3. The maximum absolute atomic E-state index is 10.7. The number of nitrogens with zero attached hydrogens (tertiary/aromatic N) is 1. The lowest BCUT2D eigenvalue weighted by molar-refractivity contribution is -0.136. The second kappa shape index (κ2) is 5.13. The average Bonchev–Trinajstić information content (AvgIpc) is 2.61. The molecule has 82 valence electrons. The highest BCUT2D eigenvalue weighted by atomic mass is 32.2. The van der Waals surface area contributed by atoms with Gasteiger partial charge in [0.1, 0.15) is 5.25 Å².